The molecule has 0 saturated carbocycles. The summed E-state index contributed by atoms with van der Waals surface area (Å²) in [6.45, 7) is 0. The second kappa shape index (κ2) is 5.88. The van der Waals surface area contributed by atoms with Crippen molar-refractivity contribution in [2.75, 3.05) is 4.72 Å². The van der Waals surface area contributed by atoms with Crippen LogP contribution in [0.15, 0.2) is 35.2 Å². The fraction of sp³-hybridized carbons (Fsp3) is 0. The smallest absolute Gasteiger partial charge is 0.337 e. The number of carboxylic acids is 1. The maximum Gasteiger partial charge on any atom is 0.337 e. The normalized spacial score (nSPS) is 11.3. The zero-order valence-electron chi connectivity index (χ0n) is 11.0. The van der Waals surface area contributed by atoms with Crippen molar-refractivity contribution >= 4 is 21.7 Å². The van der Waals surface area contributed by atoms with Crippen molar-refractivity contribution in [3.8, 4) is 0 Å². The molecule has 0 unspecified atom stereocenters. The van der Waals surface area contributed by atoms with Gasteiger partial charge in [0.25, 0.3) is 10.0 Å². The molecule has 0 bridgehead atoms. The van der Waals surface area contributed by atoms with Crippen LogP contribution < -0.4 is 4.72 Å². The molecular weight excluding hydrogens is 342 g/mol. The van der Waals surface area contributed by atoms with Crippen LogP contribution in [0.2, 0.25) is 0 Å². The zero-order chi connectivity index (χ0) is 17.4. The predicted octanol–water partition coefficient (Wildman–Crippen LogP) is 2.74. The topological polar surface area (TPSA) is 83.5 Å². The molecule has 10 heteroatoms. The Bertz CT molecular complexity index is 899. The Hall–Kier alpha value is -2.62. The van der Waals surface area contributed by atoms with E-state index in [0.29, 0.717) is 18.2 Å². The van der Waals surface area contributed by atoms with Gasteiger partial charge in [-0.2, -0.15) is 0 Å². The third-order valence-corrected chi connectivity index (χ3v) is 4.13. The van der Waals surface area contributed by atoms with Crippen LogP contribution in [0.3, 0.4) is 0 Å². The van der Waals surface area contributed by atoms with E-state index in [-0.39, 0.29) is 0 Å². The first-order valence-electron chi connectivity index (χ1n) is 5.82. The molecule has 0 spiro atoms. The van der Waals surface area contributed by atoms with Crippen LogP contribution in [0.4, 0.5) is 23.2 Å². The molecule has 2 rings (SSSR count). The van der Waals surface area contributed by atoms with Gasteiger partial charge in [-0.15, -0.1) is 0 Å². The number of hydrogen-bond donors (Lipinski definition) is 2. The Morgan fingerprint density at radius 2 is 1.65 bits per heavy atom. The number of hydrogen-bond acceptors (Lipinski definition) is 3. The van der Waals surface area contributed by atoms with Crippen molar-refractivity contribution in [1.82, 2.24) is 0 Å². The van der Waals surface area contributed by atoms with Crippen LogP contribution in [-0.2, 0) is 10.0 Å². The average Bonchev–Trinajstić information content (AvgIpc) is 2.46. The van der Waals surface area contributed by atoms with Crippen LogP contribution in [0.25, 0.3) is 0 Å². The minimum Gasteiger partial charge on any atom is -0.478 e. The van der Waals surface area contributed by atoms with E-state index in [1.165, 1.54) is 0 Å². The summed E-state index contributed by atoms with van der Waals surface area (Å²) in [6, 6.07) is 2.98. The van der Waals surface area contributed by atoms with E-state index >= 15 is 0 Å². The molecule has 0 aliphatic carbocycles. The fourth-order valence-electron chi connectivity index (χ4n) is 1.70. The monoisotopic (exact) mass is 349 g/mol. The SMILES string of the molecule is O=C(O)c1cc(F)ccc1NS(=O)(=O)c1ccc(F)c(F)c1F. The third kappa shape index (κ3) is 3.26. The highest BCUT2D eigenvalue weighted by Crippen LogP contribution is 2.24. The lowest BCUT2D eigenvalue weighted by molar-refractivity contribution is 0.0697. The van der Waals surface area contributed by atoms with E-state index in [1.54, 1.807) is 4.72 Å². The average molecular weight is 349 g/mol. The van der Waals surface area contributed by atoms with Crippen LogP contribution in [0, 0.1) is 23.3 Å². The van der Waals surface area contributed by atoms with Gasteiger partial charge in [-0.25, -0.2) is 30.8 Å². The van der Waals surface area contributed by atoms with Gasteiger partial charge in [0.2, 0.25) is 0 Å². The summed E-state index contributed by atoms with van der Waals surface area (Å²) < 4.78 is 78.3. The van der Waals surface area contributed by atoms with Crippen molar-refractivity contribution in [3.05, 3.63) is 59.2 Å². The summed E-state index contributed by atoms with van der Waals surface area (Å²) in [6.07, 6.45) is 0. The third-order valence-electron chi connectivity index (χ3n) is 2.75. The van der Waals surface area contributed by atoms with Crippen LogP contribution >= 0.6 is 0 Å². The molecule has 2 aromatic carbocycles. The largest absolute Gasteiger partial charge is 0.478 e. The van der Waals surface area contributed by atoms with Crippen LogP contribution in [0.1, 0.15) is 10.4 Å². The van der Waals surface area contributed by atoms with Gasteiger partial charge in [-0.1, -0.05) is 0 Å². The first-order valence-corrected chi connectivity index (χ1v) is 7.31. The highest BCUT2D eigenvalue weighted by atomic mass is 32.2. The fourth-order valence-corrected chi connectivity index (χ4v) is 2.85. The van der Waals surface area contributed by atoms with Crippen molar-refractivity contribution in [2.24, 2.45) is 0 Å². The maximum absolute atomic E-state index is 13.6. The number of sulfonamides is 1. The molecule has 23 heavy (non-hydrogen) atoms. The van der Waals surface area contributed by atoms with E-state index in [1.807, 2.05) is 0 Å². The quantitative estimate of drug-likeness (QED) is 0.657. The van der Waals surface area contributed by atoms with Crippen LogP contribution in [0.5, 0.6) is 0 Å². The lowest BCUT2D eigenvalue weighted by atomic mass is 10.2. The molecule has 0 saturated heterocycles. The molecule has 0 aromatic heterocycles. The molecule has 0 aliphatic heterocycles. The summed E-state index contributed by atoms with van der Waals surface area (Å²) in [4.78, 5) is 9.75. The summed E-state index contributed by atoms with van der Waals surface area (Å²) in [5.41, 5.74) is -1.31. The van der Waals surface area contributed by atoms with E-state index in [2.05, 4.69) is 0 Å². The number of carbonyl (C=O) groups is 1. The van der Waals surface area contributed by atoms with Crippen molar-refractivity contribution in [2.45, 2.75) is 4.90 Å². The minimum absolute atomic E-state index is 0.399. The van der Waals surface area contributed by atoms with Gasteiger partial charge in [0.1, 0.15) is 10.7 Å². The molecule has 2 N–H and O–H groups in total. The summed E-state index contributed by atoms with van der Waals surface area (Å²) in [5, 5.41) is 8.91. The number of anilines is 1. The molecule has 0 heterocycles. The molecule has 2 aromatic rings. The highest BCUT2D eigenvalue weighted by Gasteiger charge is 2.25. The number of halogens is 4. The molecule has 0 fully saturated rings. The Morgan fingerprint density at radius 1 is 1.00 bits per heavy atom. The van der Waals surface area contributed by atoms with Gasteiger partial charge in [0.15, 0.2) is 17.5 Å². The summed E-state index contributed by atoms with van der Waals surface area (Å²) in [5.74, 6) is -8.13. The van der Waals surface area contributed by atoms with Gasteiger partial charge >= 0.3 is 5.97 Å². The van der Waals surface area contributed by atoms with Gasteiger partial charge in [0.05, 0.1) is 11.3 Å². The molecule has 0 aliphatic rings. The number of aromatic carboxylic acids is 1. The Labute approximate surface area is 127 Å². The van der Waals surface area contributed by atoms with Crippen molar-refractivity contribution in [3.63, 3.8) is 0 Å². The predicted molar refractivity (Wildman–Crippen MR) is 70.5 cm³/mol. The maximum atomic E-state index is 13.6. The summed E-state index contributed by atoms with van der Waals surface area (Å²) >= 11 is 0. The molecule has 0 amide bonds. The molecule has 5 nitrogen and oxygen atoms in total. The van der Waals surface area contributed by atoms with Crippen molar-refractivity contribution < 1.29 is 35.9 Å². The van der Waals surface area contributed by atoms with Gasteiger partial charge in [0, 0.05) is 0 Å². The van der Waals surface area contributed by atoms with Crippen LogP contribution in [-0.4, -0.2) is 19.5 Å². The number of rotatable bonds is 4. The standard InChI is InChI=1S/C13H7F4NO4S/c14-6-1-3-9(7(5-6)13(19)20)18-23(21,22)10-4-2-8(15)11(16)12(10)17/h1-5,18H,(H,19,20). The second-order valence-corrected chi connectivity index (χ2v) is 5.92. The second-order valence-electron chi connectivity index (χ2n) is 4.27. The van der Waals surface area contributed by atoms with E-state index in [0.717, 1.165) is 12.1 Å². The molecule has 0 atom stereocenters. The lowest BCUT2D eigenvalue weighted by Gasteiger charge is -2.11. The Kier molecular flexibility index (Phi) is 4.28. The van der Waals surface area contributed by atoms with Gasteiger partial charge in [-0.05, 0) is 30.3 Å². The Morgan fingerprint density at radius 3 is 2.26 bits per heavy atom. The zero-order valence-corrected chi connectivity index (χ0v) is 11.8. The number of nitrogens with one attached hydrogen (secondary N) is 1. The first-order chi connectivity index (χ1) is 10.6. The van der Waals surface area contributed by atoms with E-state index in [9.17, 15) is 30.8 Å². The first kappa shape index (κ1) is 16.7. The molecule has 122 valence electrons. The van der Waals surface area contributed by atoms with Gasteiger partial charge in [-0.3, -0.25) is 4.72 Å². The van der Waals surface area contributed by atoms with E-state index in [4.69, 9.17) is 5.11 Å². The number of carboxylic acid groups (broad SMARTS) is 1. The highest BCUT2D eigenvalue weighted by molar-refractivity contribution is 7.92. The Balaban J connectivity index is 2.52. The van der Waals surface area contributed by atoms with Gasteiger partial charge < -0.3 is 5.11 Å². The molecule has 0 radical (unpaired) electrons. The minimum atomic E-state index is -4.77. The summed E-state index contributed by atoms with van der Waals surface area (Å²) in [7, 11) is -4.77. The van der Waals surface area contributed by atoms with E-state index < -0.39 is 55.4 Å². The molecular formula is C13H7F4NO4S. The lowest BCUT2D eigenvalue weighted by Crippen LogP contribution is -2.18. The number of benzene rings is 2. The van der Waals surface area contributed by atoms with Crippen molar-refractivity contribution in [1.29, 1.82) is 0 Å².